The molecule has 1 aliphatic heterocycles. The van der Waals surface area contributed by atoms with Gasteiger partial charge in [-0.1, -0.05) is 24.3 Å². The van der Waals surface area contributed by atoms with Crippen molar-refractivity contribution in [3.05, 3.63) is 41.5 Å². The maximum Gasteiger partial charge on any atom is 0.463 e. The molecule has 0 atom stereocenters. The van der Waals surface area contributed by atoms with Crippen molar-refractivity contribution >= 4 is 23.2 Å². The number of ether oxygens (including phenoxy) is 1. The van der Waals surface area contributed by atoms with Crippen LogP contribution in [-0.4, -0.2) is 11.4 Å². The number of hydrogen-bond acceptors (Lipinski definition) is 3. The number of ketones is 1. The van der Waals surface area contributed by atoms with Crippen molar-refractivity contribution in [2.75, 3.05) is 0 Å². The zero-order chi connectivity index (χ0) is 12.5. The van der Waals surface area contributed by atoms with Gasteiger partial charge in [-0.3, -0.25) is 4.79 Å². The van der Waals surface area contributed by atoms with Crippen molar-refractivity contribution < 1.29 is 13.7 Å². The molecular formula is C13H13O3S+. The Bertz CT molecular complexity index is 486. The lowest BCUT2D eigenvalue weighted by atomic mass is 10.1. The summed E-state index contributed by atoms with van der Waals surface area (Å²) in [4.78, 5) is 11.6. The van der Waals surface area contributed by atoms with E-state index in [4.69, 9.17) is 4.74 Å². The smallest absolute Gasteiger partial charge is 0.463 e. The Labute approximate surface area is 104 Å². The molecular weight excluding hydrogens is 236 g/mol. The lowest BCUT2D eigenvalue weighted by molar-refractivity contribution is -0.125. The van der Waals surface area contributed by atoms with Crippen LogP contribution in [0.15, 0.2) is 30.3 Å². The molecule has 1 aromatic rings. The first-order chi connectivity index (χ1) is 8.03. The van der Waals surface area contributed by atoms with Crippen LogP contribution in [0.4, 0.5) is 0 Å². The van der Waals surface area contributed by atoms with E-state index in [9.17, 15) is 9.00 Å². The molecule has 0 N–H and O–H groups in total. The second-order valence-electron chi connectivity index (χ2n) is 4.44. The van der Waals surface area contributed by atoms with E-state index < -0.39 is 5.60 Å². The van der Waals surface area contributed by atoms with Crippen LogP contribution < -0.4 is 0 Å². The Kier molecular flexibility index (Phi) is 3.07. The predicted octanol–water partition coefficient (Wildman–Crippen LogP) is 2.33. The number of carbonyl (C=O) groups excluding carboxylic acids is 1. The van der Waals surface area contributed by atoms with Gasteiger partial charge in [0.2, 0.25) is 5.78 Å². The van der Waals surface area contributed by atoms with Crippen molar-refractivity contribution in [1.82, 2.24) is 0 Å². The van der Waals surface area contributed by atoms with E-state index in [-0.39, 0.29) is 5.78 Å². The SMILES string of the molecule is CC1(C)OC(c2ccc(C[S+]=O)cc2)=CC1=O. The molecule has 1 aromatic carbocycles. The van der Waals surface area contributed by atoms with E-state index in [1.165, 1.54) is 6.08 Å². The molecule has 0 fully saturated rings. The molecule has 17 heavy (non-hydrogen) atoms. The van der Waals surface area contributed by atoms with Crippen LogP contribution in [0.2, 0.25) is 0 Å². The van der Waals surface area contributed by atoms with Crippen LogP contribution in [0.25, 0.3) is 5.76 Å². The van der Waals surface area contributed by atoms with Gasteiger partial charge in [0.25, 0.3) is 5.75 Å². The lowest BCUT2D eigenvalue weighted by Crippen LogP contribution is -2.27. The van der Waals surface area contributed by atoms with Crippen molar-refractivity contribution in [3.8, 4) is 0 Å². The fraction of sp³-hybridized carbons (Fsp3) is 0.308. The molecule has 2 rings (SSSR count). The van der Waals surface area contributed by atoms with E-state index in [0.717, 1.165) is 11.1 Å². The maximum atomic E-state index is 11.6. The second kappa shape index (κ2) is 4.37. The Morgan fingerprint density at radius 1 is 1.24 bits per heavy atom. The molecule has 0 radical (unpaired) electrons. The van der Waals surface area contributed by atoms with Crippen molar-refractivity contribution in [2.24, 2.45) is 0 Å². The van der Waals surface area contributed by atoms with E-state index >= 15 is 0 Å². The first kappa shape index (κ1) is 11.9. The van der Waals surface area contributed by atoms with Crippen LogP contribution in [-0.2, 0) is 31.2 Å². The largest absolute Gasteiger partial charge is 0.479 e. The molecule has 0 amide bonds. The topological polar surface area (TPSA) is 43.4 Å². The highest BCUT2D eigenvalue weighted by molar-refractivity contribution is 7.64. The molecule has 4 heteroatoms. The van der Waals surface area contributed by atoms with E-state index in [2.05, 4.69) is 0 Å². The molecule has 3 nitrogen and oxygen atoms in total. The van der Waals surface area contributed by atoms with Crippen LogP contribution in [0.3, 0.4) is 0 Å². The minimum absolute atomic E-state index is 0.0216. The average molecular weight is 249 g/mol. The summed E-state index contributed by atoms with van der Waals surface area (Å²) in [5.74, 6) is 1.03. The Morgan fingerprint density at radius 3 is 2.35 bits per heavy atom. The summed E-state index contributed by atoms with van der Waals surface area (Å²) in [6.07, 6.45) is 1.53. The van der Waals surface area contributed by atoms with Crippen LogP contribution in [0, 0.1) is 0 Å². The normalized spacial score (nSPS) is 17.5. The molecule has 0 aromatic heterocycles. The Balaban J connectivity index is 2.22. The average Bonchev–Trinajstić information content (AvgIpc) is 2.55. The van der Waals surface area contributed by atoms with Gasteiger partial charge in [0, 0.05) is 21.4 Å². The molecule has 0 unspecified atom stereocenters. The Morgan fingerprint density at radius 2 is 1.88 bits per heavy atom. The highest BCUT2D eigenvalue weighted by atomic mass is 32.1. The van der Waals surface area contributed by atoms with Gasteiger partial charge in [-0.25, -0.2) is 0 Å². The number of benzene rings is 1. The fourth-order valence-corrected chi connectivity index (χ4v) is 1.95. The van der Waals surface area contributed by atoms with Crippen molar-refractivity contribution in [2.45, 2.75) is 25.2 Å². The highest BCUT2D eigenvalue weighted by Gasteiger charge is 2.35. The van der Waals surface area contributed by atoms with Gasteiger partial charge < -0.3 is 4.74 Å². The standard InChI is InChI=1S/C13H13O3S/c1-13(2)12(14)7-11(16-13)10-5-3-9(4-6-10)8-17-15/h3-7H,8H2,1-2H3/q+1. The third-order valence-electron chi connectivity index (χ3n) is 2.68. The van der Waals surface area contributed by atoms with E-state index in [0.29, 0.717) is 23.2 Å². The molecule has 0 aliphatic carbocycles. The third kappa shape index (κ3) is 2.42. The van der Waals surface area contributed by atoms with Crippen LogP contribution in [0.1, 0.15) is 25.0 Å². The number of hydrogen-bond donors (Lipinski definition) is 0. The minimum Gasteiger partial charge on any atom is -0.479 e. The van der Waals surface area contributed by atoms with Crippen molar-refractivity contribution in [3.63, 3.8) is 0 Å². The summed E-state index contributed by atoms with van der Waals surface area (Å²) in [5.41, 5.74) is 1.07. The molecule has 0 saturated heterocycles. The zero-order valence-electron chi connectivity index (χ0n) is 9.73. The van der Waals surface area contributed by atoms with Gasteiger partial charge in [0.15, 0.2) is 5.60 Å². The lowest BCUT2D eigenvalue weighted by Gasteiger charge is -2.17. The predicted molar refractivity (Wildman–Crippen MR) is 66.3 cm³/mol. The van der Waals surface area contributed by atoms with Gasteiger partial charge in [0.05, 0.1) is 0 Å². The van der Waals surface area contributed by atoms with E-state index in [1.54, 1.807) is 13.8 Å². The first-order valence-corrected chi connectivity index (χ1v) is 6.23. The summed E-state index contributed by atoms with van der Waals surface area (Å²) >= 11 is 0.543. The quantitative estimate of drug-likeness (QED) is 0.772. The van der Waals surface area contributed by atoms with Gasteiger partial charge in [-0.2, -0.15) is 0 Å². The molecule has 1 aliphatic rings. The van der Waals surface area contributed by atoms with Gasteiger partial charge in [0.1, 0.15) is 5.76 Å². The van der Waals surface area contributed by atoms with Crippen LogP contribution >= 0.6 is 0 Å². The van der Waals surface area contributed by atoms with Gasteiger partial charge in [-0.05, 0) is 13.8 Å². The summed E-state index contributed by atoms with van der Waals surface area (Å²) in [5, 5.41) is 0. The van der Waals surface area contributed by atoms with Gasteiger partial charge in [-0.15, -0.1) is 0 Å². The number of carbonyl (C=O) groups is 1. The summed E-state index contributed by atoms with van der Waals surface area (Å²) in [6, 6.07) is 7.48. The summed E-state index contributed by atoms with van der Waals surface area (Å²) in [7, 11) is 0. The second-order valence-corrected chi connectivity index (χ2v) is 4.97. The maximum absolute atomic E-state index is 11.6. The van der Waals surface area contributed by atoms with E-state index in [1.807, 2.05) is 24.3 Å². The zero-order valence-corrected chi connectivity index (χ0v) is 10.5. The molecule has 1 heterocycles. The Hall–Kier alpha value is -1.55. The summed E-state index contributed by atoms with van der Waals surface area (Å²) < 4.78 is 16.0. The van der Waals surface area contributed by atoms with Crippen LogP contribution in [0.5, 0.6) is 0 Å². The molecule has 0 spiro atoms. The van der Waals surface area contributed by atoms with Gasteiger partial charge >= 0.3 is 11.7 Å². The molecule has 88 valence electrons. The third-order valence-corrected chi connectivity index (χ3v) is 3.14. The number of rotatable bonds is 3. The van der Waals surface area contributed by atoms with Crippen molar-refractivity contribution in [1.29, 1.82) is 0 Å². The molecule has 0 bridgehead atoms. The summed E-state index contributed by atoms with van der Waals surface area (Å²) in [6.45, 7) is 3.50. The monoisotopic (exact) mass is 249 g/mol. The highest BCUT2D eigenvalue weighted by Crippen LogP contribution is 2.30. The minimum atomic E-state index is -0.765. The molecule has 0 saturated carbocycles. The first-order valence-electron chi connectivity index (χ1n) is 5.32. The fourth-order valence-electron chi connectivity index (χ4n) is 1.62.